The fourth-order valence-electron chi connectivity index (χ4n) is 2.37. The molecule has 0 atom stereocenters. The highest BCUT2D eigenvalue weighted by atomic mass is 15.1. The van der Waals surface area contributed by atoms with Crippen molar-refractivity contribution in [3.05, 3.63) is 30.0 Å². The Labute approximate surface area is 125 Å². The molecule has 0 saturated heterocycles. The molecule has 1 heterocycles. The van der Waals surface area contributed by atoms with E-state index in [0.29, 0.717) is 5.69 Å². The van der Waals surface area contributed by atoms with E-state index in [1.165, 1.54) is 0 Å². The second-order valence-electron chi connectivity index (χ2n) is 4.86. The Morgan fingerprint density at radius 2 is 1.95 bits per heavy atom. The Balaban J connectivity index is 2.09. The molecule has 0 aliphatic heterocycles. The molecular formula is C16H21N5. The molecule has 0 amide bonds. The molecule has 1 aromatic heterocycles. The average Bonchev–Trinajstić information content (AvgIpc) is 2.54. The van der Waals surface area contributed by atoms with Gasteiger partial charge in [-0.3, -0.25) is 0 Å². The van der Waals surface area contributed by atoms with Crippen LogP contribution in [0.1, 0.15) is 26.0 Å². The Bertz CT molecular complexity index is 628. The standard InChI is InChI=1S/C16H21N5/c1-3-21(4-2)11-7-10-18-16-13-8-5-6-9-14(13)19-20-15(16)12-17/h5-6,8-9H,3-4,7,10-11H2,1-2H3,(H,18,19). The van der Waals surface area contributed by atoms with E-state index in [-0.39, 0.29) is 0 Å². The number of nitriles is 1. The van der Waals surface area contributed by atoms with Gasteiger partial charge < -0.3 is 10.2 Å². The van der Waals surface area contributed by atoms with E-state index in [2.05, 4.69) is 40.3 Å². The Hall–Kier alpha value is -2.19. The van der Waals surface area contributed by atoms with Crippen LogP contribution in [0.25, 0.3) is 10.9 Å². The van der Waals surface area contributed by atoms with Crippen molar-refractivity contribution in [3.8, 4) is 6.07 Å². The SMILES string of the molecule is CCN(CC)CCCNc1c(C#N)nnc2ccccc12. The highest BCUT2D eigenvalue weighted by molar-refractivity contribution is 5.92. The molecular weight excluding hydrogens is 262 g/mol. The molecule has 5 heteroatoms. The first-order valence-corrected chi connectivity index (χ1v) is 7.41. The van der Waals surface area contributed by atoms with Gasteiger partial charge in [0.05, 0.1) is 11.2 Å². The van der Waals surface area contributed by atoms with E-state index in [4.69, 9.17) is 0 Å². The number of fused-ring (bicyclic) bond motifs is 1. The first-order chi connectivity index (χ1) is 10.3. The summed E-state index contributed by atoms with van der Waals surface area (Å²) in [7, 11) is 0. The van der Waals surface area contributed by atoms with E-state index in [9.17, 15) is 5.26 Å². The summed E-state index contributed by atoms with van der Waals surface area (Å²) >= 11 is 0. The van der Waals surface area contributed by atoms with Gasteiger partial charge >= 0.3 is 0 Å². The average molecular weight is 283 g/mol. The lowest BCUT2D eigenvalue weighted by molar-refractivity contribution is 0.303. The maximum absolute atomic E-state index is 9.20. The van der Waals surface area contributed by atoms with Crippen molar-refractivity contribution in [2.45, 2.75) is 20.3 Å². The second kappa shape index (κ2) is 7.55. The number of rotatable bonds is 7. The van der Waals surface area contributed by atoms with E-state index in [0.717, 1.165) is 49.2 Å². The first-order valence-electron chi connectivity index (χ1n) is 7.41. The van der Waals surface area contributed by atoms with Gasteiger partial charge in [-0.05, 0) is 32.1 Å². The summed E-state index contributed by atoms with van der Waals surface area (Å²) < 4.78 is 0. The monoisotopic (exact) mass is 283 g/mol. The summed E-state index contributed by atoms with van der Waals surface area (Å²) in [6, 6.07) is 9.86. The number of hydrogen-bond donors (Lipinski definition) is 1. The molecule has 1 aromatic carbocycles. The lowest BCUT2D eigenvalue weighted by Gasteiger charge is -2.18. The van der Waals surface area contributed by atoms with Crippen molar-refractivity contribution in [2.24, 2.45) is 0 Å². The van der Waals surface area contributed by atoms with Gasteiger partial charge in [0.25, 0.3) is 0 Å². The van der Waals surface area contributed by atoms with E-state index >= 15 is 0 Å². The number of benzene rings is 1. The summed E-state index contributed by atoms with van der Waals surface area (Å²) in [6.07, 6.45) is 1.03. The van der Waals surface area contributed by atoms with E-state index in [1.807, 2.05) is 24.3 Å². The Morgan fingerprint density at radius 3 is 2.67 bits per heavy atom. The molecule has 0 aliphatic rings. The van der Waals surface area contributed by atoms with Crippen LogP contribution in [0.15, 0.2) is 24.3 Å². The molecule has 110 valence electrons. The summed E-state index contributed by atoms with van der Waals surface area (Å²) in [5, 5.41) is 21.6. The number of nitrogens with one attached hydrogen (secondary N) is 1. The van der Waals surface area contributed by atoms with E-state index in [1.54, 1.807) is 0 Å². The molecule has 2 rings (SSSR count). The largest absolute Gasteiger partial charge is 0.382 e. The van der Waals surface area contributed by atoms with Crippen molar-refractivity contribution < 1.29 is 0 Å². The maximum Gasteiger partial charge on any atom is 0.186 e. The molecule has 0 spiro atoms. The first kappa shape index (κ1) is 15.2. The third-order valence-corrected chi connectivity index (χ3v) is 3.62. The molecule has 0 saturated carbocycles. The number of aromatic nitrogens is 2. The van der Waals surface area contributed by atoms with Gasteiger partial charge in [-0.25, -0.2) is 0 Å². The molecule has 0 aliphatic carbocycles. The lowest BCUT2D eigenvalue weighted by atomic mass is 10.1. The summed E-state index contributed by atoms with van der Waals surface area (Å²) in [5.41, 5.74) is 1.96. The van der Waals surface area contributed by atoms with Gasteiger partial charge in [0.2, 0.25) is 0 Å². The van der Waals surface area contributed by atoms with Crippen LogP contribution in [0.4, 0.5) is 5.69 Å². The van der Waals surface area contributed by atoms with Gasteiger partial charge in [-0.1, -0.05) is 32.0 Å². The highest BCUT2D eigenvalue weighted by Crippen LogP contribution is 2.23. The van der Waals surface area contributed by atoms with Crippen LogP contribution >= 0.6 is 0 Å². The third kappa shape index (κ3) is 3.67. The van der Waals surface area contributed by atoms with Gasteiger partial charge in [0, 0.05) is 11.9 Å². The molecule has 0 unspecified atom stereocenters. The van der Waals surface area contributed by atoms with Crippen LogP contribution in [0.5, 0.6) is 0 Å². The minimum atomic E-state index is 0.358. The van der Waals surface area contributed by atoms with E-state index < -0.39 is 0 Å². The van der Waals surface area contributed by atoms with Crippen molar-refractivity contribution in [1.29, 1.82) is 5.26 Å². The van der Waals surface area contributed by atoms with Crippen LogP contribution in [0.3, 0.4) is 0 Å². The predicted molar refractivity (Wildman–Crippen MR) is 85.1 cm³/mol. The second-order valence-corrected chi connectivity index (χ2v) is 4.86. The van der Waals surface area contributed by atoms with Crippen molar-refractivity contribution in [3.63, 3.8) is 0 Å². The van der Waals surface area contributed by atoms with Gasteiger partial charge in [0.1, 0.15) is 6.07 Å². The van der Waals surface area contributed by atoms with Crippen LogP contribution in [0, 0.1) is 11.3 Å². The topological polar surface area (TPSA) is 64.8 Å². The normalized spacial score (nSPS) is 10.8. The fraction of sp³-hybridized carbons (Fsp3) is 0.438. The smallest absolute Gasteiger partial charge is 0.186 e. The number of nitrogens with zero attached hydrogens (tertiary/aromatic N) is 4. The summed E-state index contributed by atoms with van der Waals surface area (Å²) in [6.45, 7) is 8.36. The highest BCUT2D eigenvalue weighted by Gasteiger charge is 2.09. The summed E-state index contributed by atoms with van der Waals surface area (Å²) in [5.74, 6) is 0. The molecule has 1 N–H and O–H groups in total. The van der Waals surface area contributed by atoms with Gasteiger partial charge in [0.15, 0.2) is 5.69 Å². The third-order valence-electron chi connectivity index (χ3n) is 3.62. The van der Waals surface area contributed by atoms with Crippen LogP contribution in [0.2, 0.25) is 0 Å². The fourth-order valence-corrected chi connectivity index (χ4v) is 2.37. The Kier molecular flexibility index (Phi) is 5.47. The predicted octanol–water partition coefficient (Wildman–Crippen LogP) is 2.65. The van der Waals surface area contributed by atoms with Crippen molar-refractivity contribution in [2.75, 3.05) is 31.5 Å². The molecule has 2 aromatic rings. The van der Waals surface area contributed by atoms with Crippen molar-refractivity contribution in [1.82, 2.24) is 15.1 Å². The zero-order valence-corrected chi connectivity index (χ0v) is 12.6. The molecule has 21 heavy (non-hydrogen) atoms. The van der Waals surface area contributed by atoms with Crippen LogP contribution in [-0.4, -0.2) is 41.3 Å². The quantitative estimate of drug-likeness (QED) is 0.791. The molecule has 0 bridgehead atoms. The zero-order chi connectivity index (χ0) is 15.1. The molecule has 0 radical (unpaired) electrons. The van der Waals surface area contributed by atoms with Crippen molar-refractivity contribution >= 4 is 16.6 Å². The van der Waals surface area contributed by atoms with Gasteiger partial charge in [-0.2, -0.15) is 5.26 Å². The van der Waals surface area contributed by atoms with Crippen LogP contribution in [-0.2, 0) is 0 Å². The lowest BCUT2D eigenvalue weighted by Crippen LogP contribution is -2.25. The summed E-state index contributed by atoms with van der Waals surface area (Å²) in [4.78, 5) is 2.38. The number of hydrogen-bond acceptors (Lipinski definition) is 5. The minimum absolute atomic E-state index is 0.358. The van der Waals surface area contributed by atoms with Crippen LogP contribution < -0.4 is 5.32 Å². The minimum Gasteiger partial charge on any atom is -0.382 e. The maximum atomic E-state index is 9.20. The number of anilines is 1. The zero-order valence-electron chi connectivity index (χ0n) is 12.6. The Morgan fingerprint density at radius 1 is 1.19 bits per heavy atom. The molecule has 0 fully saturated rings. The van der Waals surface area contributed by atoms with Gasteiger partial charge in [-0.15, -0.1) is 10.2 Å². The molecule has 5 nitrogen and oxygen atoms in total.